The Morgan fingerprint density at radius 3 is 2.46 bits per heavy atom. The molecule has 1 aromatic carbocycles. The third-order valence-corrected chi connectivity index (χ3v) is 4.01. The van der Waals surface area contributed by atoms with Crippen LogP contribution in [-0.4, -0.2) is 52.1 Å². The van der Waals surface area contributed by atoms with Crippen LogP contribution in [0.1, 0.15) is 18.4 Å². The number of carbonyl (C=O) groups excluding carboxylic acids is 2. The van der Waals surface area contributed by atoms with Crippen molar-refractivity contribution in [2.75, 3.05) is 27.9 Å². The van der Waals surface area contributed by atoms with Gasteiger partial charge in [0.1, 0.15) is 5.75 Å². The molecule has 7 heteroatoms. The molecule has 2 rings (SSSR count). The molecule has 0 aliphatic carbocycles. The Bertz CT molecular complexity index is 636. The van der Waals surface area contributed by atoms with Crippen molar-refractivity contribution in [3.63, 3.8) is 0 Å². The number of rotatable bonds is 7. The summed E-state index contributed by atoms with van der Waals surface area (Å²) in [6.45, 7) is 0.695. The minimum Gasteiger partial charge on any atom is -0.497 e. The van der Waals surface area contributed by atoms with Gasteiger partial charge < -0.3 is 23.7 Å². The predicted octanol–water partition coefficient (Wildman–Crippen LogP) is 2.03. The van der Waals surface area contributed by atoms with Gasteiger partial charge in [-0.2, -0.15) is 0 Å². The van der Waals surface area contributed by atoms with Gasteiger partial charge in [-0.25, -0.2) is 9.59 Å². The fourth-order valence-corrected chi connectivity index (χ4v) is 2.68. The van der Waals surface area contributed by atoms with Gasteiger partial charge in [-0.05, 0) is 24.1 Å². The summed E-state index contributed by atoms with van der Waals surface area (Å²) >= 11 is 0. The molecule has 142 valence electrons. The second-order valence-corrected chi connectivity index (χ2v) is 5.87. The number of carbonyl (C=O) groups is 2. The van der Waals surface area contributed by atoms with Crippen molar-refractivity contribution in [1.82, 2.24) is 0 Å². The standard InChI is InChI=1S/C19H24O7/c1-22-15-6-4-13(5-7-15)11-25-12-16-8-14(10-18(20)23-2)9-17(26-16)19(21)24-3/h4-7,10,16-17H,8-9,11-12H2,1-3H3/b14-10+/t16-,17-/m1/s1. The zero-order valence-corrected chi connectivity index (χ0v) is 15.2. The Morgan fingerprint density at radius 1 is 1.12 bits per heavy atom. The summed E-state index contributed by atoms with van der Waals surface area (Å²) in [7, 11) is 4.23. The molecule has 0 unspecified atom stereocenters. The van der Waals surface area contributed by atoms with Crippen LogP contribution in [0.15, 0.2) is 35.9 Å². The highest BCUT2D eigenvalue weighted by Gasteiger charge is 2.31. The number of hydrogen-bond donors (Lipinski definition) is 0. The van der Waals surface area contributed by atoms with Crippen LogP contribution < -0.4 is 4.74 Å². The van der Waals surface area contributed by atoms with Crippen molar-refractivity contribution >= 4 is 11.9 Å². The van der Waals surface area contributed by atoms with E-state index in [1.54, 1.807) is 7.11 Å². The molecule has 0 radical (unpaired) electrons. The Balaban J connectivity index is 1.93. The fraction of sp³-hybridized carbons (Fsp3) is 0.474. The SMILES string of the molecule is COC(=O)/C=C1\C[C@H](COCc2ccc(OC)cc2)O[C@@H](C(=O)OC)C1. The minimum atomic E-state index is -0.751. The summed E-state index contributed by atoms with van der Waals surface area (Å²) < 4.78 is 26.0. The minimum absolute atomic E-state index is 0.290. The van der Waals surface area contributed by atoms with Gasteiger partial charge >= 0.3 is 11.9 Å². The van der Waals surface area contributed by atoms with Crippen molar-refractivity contribution < 1.29 is 33.3 Å². The van der Waals surface area contributed by atoms with Crippen LogP contribution in [0.5, 0.6) is 5.75 Å². The number of benzene rings is 1. The Hall–Kier alpha value is -2.38. The molecule has 1 aliphatic heterocycles. The predicted molar refractivity (Wildman–Crippen MR) is 92.7 cm³/mol. The van der Waals surface area contributed by atoms with Crippen molar-refractivity contribution in [3.05, 3.63) is 41.5 Å². The first-order chi connectivity index (χ1) is 12.5. The molecule has 0 spiro atoms. The molecular weight excluding hydrogens is 340 g/mol. The summed E-state index contributed by atoms with van der Waals surface area (Å²) in [6, 6.07) is 7.56. The van der Waals surface area contributed by atoms with E-state index in [2.05, 4.69) is 4.74 Å². The zero-order valence-electron chi connectivity index (χ0n) is 15.2. The van der Waals surface area contributed by atoms with Crippen LogP contribution in [0.4, 0.5) is 0 Å². The van der Waals surface area contributed by atoms with Crippen LogP contribution in [-0.2, 0) is 35.1 Å². The lowest BCUT2D eigenvalue weighted by molar-refractivity contribution is -0.163. The van der Waals surface area contributed by atoms with Crippen molar-refractivity contribution in [2.24, 2.45) is 0 Å². The summed E-state index contributed by atoms with van der Waals surface area (Å²) in [5, 5.41) is 0. The highest BCUT2D eigenvalue weighted by molar-refractivity contribution is 5.83. The van der Waals surface area contributed by atoms with Gasteiger partial charge in [-0.3, -0.25) is 0 Å². The molecule has 7 nitrogen and oxygen atoms in total. The van der Waals surface area contributed by atoms with Gasteiger partial charge in [-0.1, -0.05) is 17.7 Å². The molecule has 1 aliphatic rings. The van der Waals surface area contributed by atoms with E-state index < -0.39 is 18.0 Å². The summed E-state index contributed by atoms with van der Waals surface area (Å²) in [5.74, 6) is -0.146. The van der Waals surface area contributed by atoms with E-state index in [4.69, 9.17) is 18.9 Å². The molecule has 26 heavy (non-hydrogen) atoms. The van der Waals surface area contributed by atoms with Gasteiger partial charge in [-0.15, -0.1) is 0 Å². The Kier molecular flexibility index (Phi) is 7.62. The normalized spacial score (nSPS) is 21.3. The van der Waals surface area contributed by atoms with E-state index in [1.165, 1.54) is 20.3 Å². The molecule has 1 saturated heterocycles. The van der Waals surface area contributed by atoms with Crippen LogP contribution in [0.2, 0.25) is 0 Å². The average molecular weight is 364 g/mol. The van der Waals surface area contributed by atoms with Crippen molar-refractivity contribution in [1.29, 1.82) is 0 Å². The maximum atomic E-state index is 11.8. The first-order valence-corrected chi connectivity index (χ1v) is 8.27. The molecule has 1 heterocycles. The number of ether oxygens (including phenoxy) is 5. The molecule has 1 aromatic rings. The molecular formula is C19H24O7. The van der Waals surface area contributed by atoms with E-state index >= 15 is 0 Å². The smallest absolute Gasteiger partial charge is 0.335 e. The maximum absolute atomic E-state index is 11.8. The second-order valence-electron chi connectivity index (χ2n) is 5.87. The number of esters is 2. The first kappa shape index (κ1) is 19.9. The lowest BCUT2D eigenvalue weighted by Crippen LogP contribution is -2.37. The van der Waals surface area contributed by atoms with E-state index in [1.807, 2.05) is 24.3 Å². The van der Waals surface area contributed by atoms with Crippen molar-refractivity contribution in [3.8, 4) is 5.75 Å². The van der Waals surface area contributed by atoms with E-state index in [0.717, 1.165) is 16.9 Å². The quantitative estimate of drug-likeness (QED) is 0.541. The maximum Gasteiger partial charge on any atom is 0.335 e. The molecule has 0 saturated carbocycles. The van der Waals surface area contributed by atoms with E-state index in [0.29, 0.717) is 19.4 Å². The van der Waals surface area contributed by atoms with Gasteiger partial charge in [0.05, 0.1) is 40.6 Å². The lowest BCUT2D eigenvalue weighted by atomic mass is 9.97. The molecule has 0 N–H and O–H groups in total. The molecule has 0 aromatic heterocycles. The topological polar surface area (TPSA) is 80.3 Å². The Labute approximate surface area is 152 Å². The van der Waals surface area contributed by atoms with Gasteiger partial charge in [0.15, 0.2) is 6.10 Å². The van der Waals surface area contributed by atoms with Crippen molar-refractivity contribution in [2.45, 2.75) is 31.7 Å². The Morgan fingerprint density at radius 2 is 1.85 bits per heavy atom. The fourth-order valence-electron chi connectivity index (χ4n) is 2.68. The molecule has 0 bridgehead atoms. The largest absolute Gasteiger partial charge is 0.497 e. The van der Waals surface area contributed by atoms with Gasteiger partial charge in [0.25, 0.3) is 0 Å². The number of methoxy groups -OCH3 is 3. The van der Waals surface area contributed by atoms with Gasteiger partial charge in [0.2, 0.25) is 0 Å². The zero-order chi connectivity index (χ0) is 18.9. The molecule has 1 fully saturated rings. The highest BCUT2D eigenvalue weighted by atomic mass is 16.6. The monoisotopic (exact) mass is 364 g/mol. The van der Waals surface area contributed by atoms with E-state index in [-0.39, 0.29) is 12.7 Å². The lowest BCUT2D eigenvalue weighted by Gasteiger charge is -2.30. The summed E-state index contributed by atoms with van der Waals surface area (Å²) in [6.07, 6.45) is 1.10. The van der Waals surface area contributed by atoms with Crippen LogP contribution in [0.3, 0.4) is 0 Å². The highest BCUT2D eigenvalue weighted by Crippen LogP contribution is 2.26. The second kappa shape index (κ2) is 9.94. The van der Waals surface area contributed by atoms with Crippen LogP contribution >= 0.6 is 0 Å². The first-order valence-electron chi connectivity index (χ1n) is 8.27. The summed E-state index contributed by atoms with van der Waals surface area (Å²) in [4.78, 5) is 23.3. The van der Waals surface area contributed by atoms with Crippen LogP contribution in [0.25, 0.3) is 0 Å². The number of hydrogen-bond acceptors (Lipinski definition) is 7. The third-order valence-electron chi connectivity index (χ3n) is 4.01. The molecule has 0 amide bonds. The van der Waals surface area contributed by atoms with E-state index in [9.17, 15) is 9.59 Å². The molecule has 2 atom stereocenters. The third kappa shape index (κ3) is 5.86. The summed E-state index contributed by atoms with van der Waals surface area (Å²) in [5.41, 5.74) is 1.77. The van der Waals surface area contributed by atoms with Crippen LogP contribution in [0, 0.1) is 0 Å². The van der Waals surface area contributed by atoms with Gasteiger partial charge in [0, 0.05) is 12.5 Å². The average Bonchev–Trinajstić information content (AvgIpc) is 2.67.